The second-order valence-corrected chi connectivity index (χ2v) is 15.0. The van der Waals surface area contributed by atoms with E-state index in [0.717, 1.165) is 46.6 Å². The predicted octanol–water partition coefficient (Wildman–Crippen LogP) is 10.7. The molecule has 284 valence electrons. The number of rotatable bonds is 23. The number of ether oxygens (including phenoxy) is 3. The van der Waals surface area contributed by atoms with E-state index in [-0.39, 0.29) is 6.10 Å². The summed E-state index contributed by atoms with van der Waals surface area (Å²) in [6.07, 6.45) is 17.2. The molecule has 2 N–H and O–H groups in total. The molecule has 52 heavy (non-hydrogen) atoms. The van der Waals surface area contributed by atoms with Crippen molar-refractivity contribution in [2.24, 2.45) is 0 Å². The lowest BCUT2D eigenvalue weighted by Crippen LogP contribution is -2.35. The Kier molecular flexibility index (Phi) is 17.1. The van der Waals surface area contributed by atoms with Crippen LogP contribution in [0.15, 0.2) is 70.2 Å². The molecule has 0 amide bonds. The highest BCUT2D eigenvalue weighted by atomic mass is 32.2. The van der Waals surface area contributed by atoms with Gasteiger partial charge in [-0.2, -0.15) is 0 Å². The number of imidazole rings is 1. The van der Waals surface area contributed by atoms with Crippen molar-refractivity contribution in [2.75, 3.05) is 19.5 Å². The summed E-state index contributed by atoms with van der Waals surface area (Å²) in [5, 5.41) is 4.15. The van der Waals surface area contributed by atoms with Gasteiger partial charge >= 0.3 is 11.9 Å². The summed E-state index contributed by atoms with van der Waals surface area (Å²) in [5.74, 6) is -0.650. The Morgan fingerprint density at radius 1 is 0.827 bits per heavy atom. The van der Waals surface area contributed by atoms with Crippen LogP contribution in [0.1, 0.15) is 135 Å². The molecule has 0 aliphatic carbocycles. The number of unbranched alkanes of at least 4 members (excludes halogenated alkanes) is 12. The molecule has 3 aromatic rings. The summed E-state index contributed by atoms with van der Waals surface area (Å²) < 4.78 is 17.5. The Morgan fingerprint density at radius 2 is 1.48 bits per heavy atom. The maximum absolute atomic E-state index is 14.2. The number of aromatic amines is 1. The van der Waals surface area contributed by atoms with Crippen LogP contribution in [0, 0.1) is 0 Å². The average molecular weight is 732 g/mol. The van der Waals surface area contributed by atoms with E-state index in [1.54, 1.807) is 0 Å². The molecule has 0 bridgehead atoms. The summed E-state index contributed by atoms with van der Waals surface area (Å²) in [5.41, 5.74) is 5.79. The summed E-state index contributed by atoms with van der Waals surface area (Å²) in [6.45, 7) is 10.2. The zero-order valence-corrected chi connectivity index (χ0v) is 33.2. The van der Waals surface area contributed by atoms with Gasteiger partial charge in [-0.25, -0.2) is 14.6 Å². The highest BCUT2D eigenvalue weighted by molar-refractivity contribution is 7.99. The summed E-state index contributed by atoms with van der Waals surface area (Å²) >= 11 is 1.49. The fourth-order valence-corrected chi connectivity index (χ4v) is 7.94. The minimum atomic E-state index is -0.744. The number of carbonyl (C=O) groups is 2. The molecule has 1 aliphatic rings. The third-order valence-electron chi connectivity index (χ3n) is 9.63. The van der Waals surface area contributed by atoms with Crippen LogP contribution in [0.3, 0.4) is 0 Å². The van der Waals surface area contributed by atoms with Gasteiger partial charge in [0.25, 0.3) is 0 Å². The van der Waals surface area contributed by atoms with E-state index in [1.165, 1.54) is 89.5 Å². The number of dihydropyridines is 1. The first-order chi connectivity index (χ1) is 25.3. The number of methoxy groups -OCH3 is 1. The highest BCUT2D eigenvalue weighted by Gasteiger charge is 2.41. The first-order valence-corrected chi connectivity index (χ1v) is 20.6. The third-order valence-corrected chi connectivity index (χ3v) is 10.5. The van der Waals surface area contributed by atoms with Crippen molar-refractivity contribution in [3.63, 3.8) is 0 Å². The molecule has 4 rings (SSSR count). The molecule has 1 atom stereocenters. The average Bonchev–Trinajstić information content (AvgIpc) is 3.55. The molecule has 8 nitrogen and oxygen atoms in total. The quantitative estimate of drug-likeness (QED) is 0.0564. The molecule has 2 heterocycles. The van der Waals surface area contributed by atoms with Gasteiger partial charge < -0.3 is 24.5 Å². The molecular weight excluding hydrogens is 671 g/mol. The number of para-hydroxylation sites is 2. The van der Waals surface area contributed by atoms with E-state index >= 15 is 0 Å². The summed E-state index contributed by atoms with van der Waals surface area (Å²) in [4.78, 5) is 36.0. The lowest BCUT2D eigenvalue weighted by Gasteiger charge is -2.33. The van der Waals surface area contributed by atoms with Crippen molar-refractivity contribution in [3.8, 4) is 5.75 Å². The van der Waals surface area contributed by atoms with E-state index < -0.39 is 17.9 Å². The molecule has 0 saturated heterocycles. The topological polar surface area (TPSA) is 103 Å². The maximum atomic E-state index is 14.2. The monoisotopic (exact) mass is 731 g/mol. The van der Waals surface area contributed by atoms with Crippen LogP contribution in [0.25, 0.3) is 11.0 Å². The molecular formula is C43H61N3O5S. The number of aryl methyl sites for hydroxylation is 1. The number of fused-ring (bicyclic) bond motifs is 1. The van der Waals surface area contributed by atoms with E-state index in [2.05, 4.69) is 23.3 Å². The summed E-state index contributed by atoms with van der Waals surface area (Å²) in [7, 11) is 1.38. The van der Waals surface area contributed by atoms with Gasteiger partial charge in [0, 0.05) is 22.7 Å². The van der Waals surface area contributed by atoms with Gasteiger partial charge in [0.1, 0.15) is 5.75 Å². The predicted molar refractivity (Wildman–Crippen MR) is 213 cm³/mol. The van der Waals surface area contributed by atoms with Crippen LogP contribution < -0.4 is 10.1 Å². The van der Waals surface area contributed by atoms with Crippen molar-refractivity contribution in [1.82, 2.24) is 15.3 Å². The van der Waals surface area contributed by atoms with Crippen molar-refractivity contribution < 1.29 is 23.8 Å². The zero-order valence-electron chi connectivity index (χ0n) is 32.4. The van der Waals surface area contributed by atoms with Gasteiger partial charge in [-0.3, -0.25) is 0 Å². The van der Waals surface area contributed by atoms with E-state index in [1.807, 2.05) is 64.1 Å². The van der Waals surface area contributed by atoms with Gasteiger partial charge in [0.2, 0.25) is 0 Å². The number of benzene rings is 2. The minimum Gasteiger partial charge on any atom is -0.494 e. The van der Waals surface area contributed by atoms with Gasteiger partial charge in [-0.1, -0.05) is 120 Å². The SMILES string of the molecule is CCCCCCCCCCCCCCCc1cccc(OCC)c1C1C(C(=O)OC)=C(C)NC(CSc2nc3ccccc3[nH]2)=C1C(=O)OC(C)C. The van der Waals surface area contributed by atoms with Gasteiger partial charge in [0.05, 0.1) is 47.9 Å². The maximum Gasteiger partial charge on any atom is 0.337 e. The molecule has 0 radical (unpaired) electrons. The second kappa shape index (κ2) is 21.7. The molecule has 1 aromatic heterocycles. The number of nitrogens with zero attached hydrogens (tertiary/aromatic N) is 1. The Labute approximate surface area is 315 Å². The number of allylic oxidation sites excluding steroid dienone is 1. The van der Waals surface area contributed by atoms with Crippen molar-refractivity contribution >= 4 is 34.7 Å². The fraction of sp³-hybridized carbons (Fsp3) is 0.558. The van der Waals surface area contributed by atoms with E-state index in [4.69, 9.17) is 19.2 Å². The number of esters is 2. The van der Waals surface area contributed by atoms with Crippen LogP contribution in [0.2, 0.25) is 0 Å². The number of hydrogen-bond donors (Lipinski definition) is 2. The standard InChI is InChI=1S/C43H61N3O5S/c1-7-9-10-11-12-13-14-15-16-17-18-19-20-24-32-25-23-28-36(50-8-2)38(32)40-37(41(47)49-6)31(5)44-35(39(40)42(48)51-30(3)4)29-52-43-45-33-26-21-22-27-34(33)46-43/h21-23,25-28,30,40,44H,7-20,24,29H2,1-6H3,(H,45,46). The van der Waals surface area contributed by atoms with Gasteiger partial charge in [-0.15, -0.1) is 0 Å². The number of hydrogen-bond acceptors (Lipinski definition) is 8. The molecule has 0 spiro atoms. The fourth-order valence-electron chi connectivity index (χ4n) is 7.09. The zero-order chi connectivity index (χ0) is 37.3. The van der Waals surface area contributed by atoms with Gasteiger partial charge in [0.15, 0.2) is 5.16 Å². The molecule has 0 fully saturated rings. The summed E-state index contributed by atoms with van der Waals surface area (Å²) in [6, 6.07) is 13.9. The number of carbonyl (C=O) groups excluding carboxylic acids is 2. The Morgan fingerprint density at radius 3 is 2.10 bits per heavy atom. The first kappa shape index (κ1) is 41.0. The molecule has 1 aliphatic heterocycles. The Hall–Kier alpha value is -3.72. The van der Waals surface area contributed by atoms with Crippen LogP contribution in [0.5, 0.6) is 5.75 Å². The number of thioether (sulfide) groups is 1. The Balaban J connectivity index is 1.59. The number of aromatic nitrogens is 2. The smallest absolute Gasteiger partial charge is 0.337 e. The molecule has 9 heteroatoms. The highest BCUT2D eigenvalue weighted by Crippen LogP contribution is 2.45. The van der Waals surface area contributed by atoms with Crippen LogP contribution in [-0.2, 0) is 25.5 Å². The third kappa shape index (κ3) is 11.6. The lowest BCUT2D eigenvalue weighted by atomic mass is 9.77. The van der Waals surface area contributed by atoms with E-state index in [0.29, 0.717) is 40.6 Å². The van der Waals surface area contributed by atoms with Crippen LogP contribution >= 0.6 is 11.8 Å². The van der Waals surface area contributed by atoms with Crippen molar-refractivity contribution in [3.05, 3.63) is 76.1 Å². The van der Waals surface area contributed by atoms with Gasteiger partial charge in [-0.05, 0) is 64.3 Å². The lowest BCUT2D eigenvalue weighted by molar-refractivity contribution is -0.143. The number of nitrogens with one attached hydrogen (secondary N) is 2. The first-order valence-electron chi connectivity index (χ1n) is 19.6. The normalized spacial score (nSPS) is 14.6. The minimum absolute atomic E-state index is 0.356. The van der Waals surface area contributed by atoms with Crippen LogP contribution in [-0.4, -0.2) is 47.5 Å². The van der Waals surface area contributed by atoms with E-state index in [9.17, 15) is 9.59 Å². The molecule has 1 unspecified atom stereocenters. The van der Waals surface area contributed by atoms with Crippen molar-refractivity contribution in [1.29, 1.82) is 0 Å². The number of H-pyrrole nitrogens is 1. The molecule has 0 saturated carbocycles. The van der Waals surface area contributed by atoms with Crippen molar-refractivity contribution in [2.45, 2.75) is 142 Å². The largest absolute Gasteiger partial charge is 0.494 e. The second-order valence-electron chi connectivity index (χ2n) is 14.0. The molecule has 2 aromatic carbocycles. The Bertz CT molecular complexity index is 1630. The van der Waals surface area contributed by atoms with Crippen LogP contribution in [0.4, 0.5) is 0 Å².